The van der Waals surface area contributed by atoms with Gasteiger partial charge in [-0.15, -0.1) is 0 Å². The number of carbonyl (C=O) groups excluding carboxylic acids is 1. The van der Waals surface area contributed by atoms with Crippen molar-refractivity contribution in [3.05, 3.63) is 11.3 Å². The molecule has 3 nitrogen and oxygen atoms in total. The molecule has 3 heteroatoms. The third-order valence-corrected chi connectivity index (χ3v) is 1.85. The molecule has 1 heterocycles. The summed E-state index contributed by atoms with van der Waals surface area (Å²) in [4.78, 5) is 12.8. The number of rotatable bonds is 1. The van der Waals surface area contributed by atoms with Crippen molar-refractivity contribution in [1.82, 2.24) is 4.90 Å². The van der Waals surface area contributed by atoms with Crippen LogP contribution in [0.2, 0.25) is 0 Å². The summed E-state index contributed by atoms with van der Waals surface area (Å²) < 4.78 is 0. The predicted octanol–water partition coefficient (Wildman–Crippen LogP) is 0.927. The summed E-state index contributed by atoms with van der Waals surface area (Å²) in [5, 5.41) is 9.32. The number of aliphatic hydroxyl groups excluding tert-OH is 1. The molecular weight excluding hydrogens is 142 g/mol. The quantitative estimate of drug-likeness (QED) is 0.611. The maximum atomic E-state index is 11.3. The minimum absolute atomic E-state index is 0.0440. The van der Waals surface area contributed by atoms with Gasteiger partial charge in [0.2, 0.25) is 0 Å². The van der Waals surface area contributed by atoms with Crippen LogP contribution in [0.1, 0.15) is 13.8 Å². The van der Waals surface area contributed by atoms with Crippen LogP contribution in [-0.2, 0) is 4.79 Å². The van der Waals surface area contributed by atoms with Gasteiger partial charge in [-0.2, -0.15) is 0 Å². The lowest BCUT2D eigenvalue weighted by Crippen LogP contribution is -2.23. The lowest BCUT2D eigenvalue weighted by Gasteiger charge is -2.08. The molecule has 0 radical (unpaired) electrons. The first kappa shape index (κ1) is 8.11. The topological polar surface area (TPSA) is 40.5 Å². The molecular formula is C8H13NO2. The summed E-state index contributed by atoms with van der Waals surface area (Å²) in [6, 6.07) is 0. The summed E-state index contributed by atoms with van der Waals surface area (Å²) in [5.74, 6) is 0.303. The number of carbonyl (C=O) groups is 1. The molecule has 0 saturated heterocycles. The average Bonchev–Trinajstić information content (AvgIpc) is 2.07. The fraction of sp³-hybridized carbons (Fsp3) is 0.625. The molecule has 0 aliphatic carbocycles. The van der Waals surface area contributed by atoms with E-state index in [0.717, 1.165) is 0 Å². The highest BCUT2D eigenvalue weighted by Gasteiger charge is 2.28. The normalized spacial score (nSPS) is 18.9. The van der Waals surface area contributed by atoms with Crippen LogP contribution < -0.4 is 0 Å². The van der Waals surface area contributed by atoms with E-state index in [1.54, 1.807) is 7.05 Å². The Labute approximate surface area is 66.3 Å². The largest absolute Gasteiger partial charge is 0.510 e. The summed E-state index contributed by atoms with van der Waals surface area (Å²) in [5.41, 5.74) is 0.563. The van der Waals surface area contributed by atoms with Gasteiger partial charge in [0, 0.05) is 7.05 Å². The zero-order valence-corrected chi connectivity index (χ0v) is 7.09. The molecule has 11 heavy (non-hydrogen) atoms. The summed E-state index contributed by atoms with van der Waals surface area (Å²) >= 11 is 0. The van der Waals surface area contributed by atoms with E-state index in [2.05, 4.69) is 0 Å². The molecule has 0 spiro atoms. The van der Waals surface area contributed by atoms with Gasteiger partial charge in [-0.25, -0.2) is 0 Å². The minimum atomic E-state index is -0.0440. The van der Waals surface area contributed by atoms with Crippen LogP contribution in [0.5, 0.6) is 0 Å². The molecule has 0 bridgehead atoms. The Bertz CT molecular complexity index is 218. The zero-order chi connectivity index (χ0) is 8.59. The highest BCUT2D eigenvalue weighted by atomic mass is 16.3. The number of likely N-dealkylation sites (N-methyl/N-ethyl adjacent to an activating group) is 1. The van der Waals surface area contributed by atoms with Gasteiger partial charge in [0.15, 0.2) is 0 Å². The number of amides is 1. The van der Waals surface area contributed by atoms with E-state index < -0.39 is 0 Å². The van der Waals surface area contributed by atoms with E-state index in [1.807, 2.05) is 13.8 Å². The molecule has 0 unspecified atom stereocenters. The lowest BCUT2D eigenvalue weighted by molar-refractivity contribution is -0.124. The Kier molecular flexibility index (Phi) is 1.89. The van der Waals surface area contributed by atoms with Crippen molar-refractivity contribution < 1.29 is 9.90 Å². The molecule has 1 N–H and O–H groups in total. The van der Waals surface area contributed by atoms with E-state index >= 15 is 0 Å². The van der Waals surface area contributed by atoms with Gasteiger partial charge in [0.25, 0.3) is 5.91 Å². The second-order valence-corrected chi connectivity index (χ2v) is 3.18. The number of hydrogen-bond acceptors (Lipinski definition) is 2. The third kappa shape index (κ3) is 1.23. The molecule has 1 aliphatic rings. The number of aliphatic hydroxyl groups is 1. The molecule has 1 rings (SSSR count). The maximum Gasteiger partial charge on any atom is 0.253 e. The van der Waals surface area contributed by atoms with Gasteiger partial charge in [-0.05, 0) is 5.92 Å². The first-order valence-corrected chi connectivity index (χ1v) is 3.71. The Balaban J connectivity index is 2.92. The van der Waals surface area contributed by atoms with Crippen molar-refractivity contribution in [2.75, 3.05) is 13.6 Å². The standard InChI is InChI=1S/C8H13NO2/c1-5(2)7-6(10)4-9(3)8(7)11/h5,10H,4H2,1-3H3. The molecule has 0 aromatic heterocycles. The van der Waals surface area contributed by atoms with Crippen molar-refractivity contribution in [3.8, 4) is 0 Å². The first-order valence-electron chi connectivity index (χ1n) is 3.71. The van der Waals surface area contributed by atoms with Gasteiger partial charge in [0.05, 0.1) is 12.1 Å². The summed E-state index contributed by atoms with van der Waals surface area (Å²) in [6.45, 7) is 4.18. The summed E-state index contributed by atoms with van der Waals surface area (Å²) in [7, 11) is 1.69. The van der Waals surface area contributed by atoms with E-state index in [4.69, 9.17) is 0 Å². The molecule has 0 saturated carbocycles. The Hall–Kier alpha value is -0.990. The SMILES string of the molecule is CC(C)C1=C(O)CN(C)C1=O. The van der Waals surface area contributed by atoms with E-state index in [1.165, 1.54) is 4.90 Å². The minimum Gasteiger partial charge on any atom is -0.510 e. The fourth-order valence-electron chi connectivity index (χ4n) is 1.29. The van der Waals surface area contributed by atoms with E-state index in [-0.39, 0.29) is 17.6 Å². The fourth-order valence-corrected chi connectivity index (χ4v) is 1.29. The molecule has 0 atom stereocenters. The highest BCUT2D eigenvalue weighted by Crippen LogP contribution is 2.22. The number of nitrogens with zero attached hydrogens (tertiary/aromatic N) is 1. The summed E-state index contributed by atoms with van der Waals surface area (Å²) in [6.07, 6.45) is 0. The van der Waals surface area contributed by atoms with E-state index in [0.29, 0.717) is 12.1 Å². The second kappa shape index (κ2) is 2.57. The highest BCUT2D eigenvalue weighted by molar-refractivity contribution is 5.96. The van der Waals surface area contributed by atoms with Gasteiger partial charge in [0.1, 0.15) is 5.76 Å². The first-order chi connectivity index (χ1) is 5.04. The van der Waals surface area contributed by atoms with Crippen molar-refractivity contribution in [1.29, 1.82) is 0 Å². The molecule has 1 amide bonds. The average molecular weight is 155 g/mol. The van der Waals surface area contributed by atoms with Gasteiger partial charge < -0.3 is 10.0 Å². The monoisotopic (exact) mass is 155 g/mol. The van der Waals surface area contributed by atoms with Crippen LogP contribution in [-0.4, -0.2) is 29.5 Å². The molecule has 0 aromatic rings. The van der Waals surface area contributed by atoms with Gasteiger partial charge >= 0.3 is 0 Å². The van der Waals surface area contributed by atoms with Crippen LogP contribution in [0.4, 0.5) is 0 Å². The molecule has 0 aromatic carbocycles. The Morgan fingerprint density at radius 1 is 1.55 bits per heavy atom. The van der Waals surface area contributed by atoms with Gasteiger partial charge in [-0.1, -0.05) is 13.8 Å². The van der Waals surface area contributed by atoms with Crippen LogP contribution in [0.15, 0.2) is 11.3 Å². The van der Waals surface area contributed by atoms with E-state index in [9.17, 15) is 9.90 Å². The number of hydrogen-bond donors (Lipinski definition) is 1. The van der Waals surface area contributed by atoms with Crippen LogP contribution in [0.25, 0.3) is 0 Å². The zero-order valence-electron chi connectivity index (χ0n) is 7.09. The second-order valence-electron chi connectivity index (χ2n) is 3.18. The van der Waals surface area contributed by atoms with Crippen molar-refractivity contribution in [2.24, 2.45) is 5.92 Å². The van der Waals surface area contributed by atoms with Crippen LogP contribution in [0, 0.1) is 5.92 Å². The Morgan fingerprint density at radius 2 is 2.09 bits per heavy atom. The lowest BCUT2D eigenvalue weighted by atomic mass is 10.0. The van der Waals surface area contributed by atoms with Crippen LogP contribution >= 0.6 is 0 Å². The van der Waals surface area contributed by atoms with Crippen LogP contribution in [0.3, 0.4) is 0 Å². The molecule has 62 valence electrons. The van der Waals surface area contributed by atoms with Crippen molar-refractivity contribution >= 4 is 5.91 Å². The maximum absolute atomic E-state index is 11.3. The molecule has 1 aliphatic heterocycles. The van der Waals surface area contributed by atoms with Gasteiger partial charge in [-0.3, -0.25) is 4.79 Å². The molecule has 0 fully saturated rings. The predicted molar refractivity (Wildman–Crippen MR) is 42.1 cm³/mol. The third-order valence-electron chi connectivity index (χ3n) is 1.85. The van der Waals surface area contributed by atoms with Crippen molar-refractivity contribution in [3.63, 3.8) is 0 Å². The smallest absolute Gasteiger partial charge is 0.253 e. The Morgan fingerprint density at radius 3 is 2.27 bits per heavy atom. The van der Waals surface area contributed by atoms with Crippen molar-refractivity contribution in [2.45, 2.75) is 13.8 Å².